The number of ether oxygens (including phenoxy) is 2. The zero-order chi connectivity index (χ0) is 24.3. The van der Waals surface area contributed by atoms with Gasteiger partial charge in [-0.1, -0.05) is 24.3 Å². The lowest BCUT2D eigenvalue weighted by molar-refractivity contribution is 0.0317. The monoisotopic (exact) mass is 482 g/mol. The third-order valence-electron chi connectivity index (χ3n) is 6.62. The average molecular weight is 483 g/mol. The number of rotatable bonds is 7. The minimum absolute atomic E-state index is 0.207. The highest BCUT2D eigenvalue weighted by molar-refractivity contribution is 6.01. The average Bonchev–Trinajstić information content (AvgIpc) is 3.54. The summed E-state index contributed by atoms with van der Waals surface area (Å²) in [7, 11) is 0. The van der Waals surface area contributed by atoms with Crippen LogP contribution in [0.2, 0.25) is 0 Å². The van der Waals surface area contributed by atoms with Crippen LogP contribution in [0.4, 0.5) is 0 Å². The normalized spacial score (nSPS) is 15.7. The fourth-order valence-corrected chi connectivity index (χ4v) is 4.67. The van der Waals surface area contributed by atoms with Crippen LogP contribution < -0.4 is 4.74 Å². The highest BCUT2D eigenvalue weighted by Gasteiger charge is 2.22. The number of carbonyl (C=O) groups is 1. The molecule has 0 N–H and O–H groups in total. The summed E-state index contributed by atoms with van der Waals surface area (Å²) in [6, 6.07) is 14.0. The Balaban J connectivity index is 1.25. The summed E-state index contributed by atoms with van der Waals surface area (Å²) in [5.41, 5.74) is 5.28. The number of ketones is 1. The molecule has 0 radical (unpaired) electrons. The molecule has 8 heteroatoms. The van der Waals surface area contributed by atoms with Gasteiger partial charge in [0.15, 0.2) is 11.5 Å². The second-order valence-electron chi connectivity index (χ2n) is 8.92. The first-order valence-corrected chi connectivity index (χ1v) is 12.2. The van der Waals surface area contributed by atoms with Gasteiger partial charge < -0.3 is 13.9 Å². The number of hydrogen-bond donors (Lipinski definition) is 0. The molecular formula is C28H26N4O4. The summed E-state index contributed by atoms with van der Waals surface area (Å²) >= 11 is 0. The summed E-state index contributed by atoms with van der Waals surface area (Å²) < 4.78 is 17.4. The molecule has 6 rings (SSSR count). The summed E-state index contributed by atoms with van der Waals surface area (Å²) in [4.78, 5) is 27.7. The Labute approximate surface area is 208 Å². The molecule has 0 amide bonds. The molecule has 0 saturated carbocycles. The van der Waals surface area contributed by atoms with E-state index in [2.05, 4.69) is 25.9 Å². The Kier molecular flexibility index (Phi) is 6.27. The third kappa shape index (κ3) is 4.65. The lowest BCUT2D eigenvalue weighted by Crippen LogP contribution is -2.38. The van der Waals surface area contributed by atoms with Crippen molar-refractivity contribution in [1.82, 2.24) is 19.9 Å². The van der Waals surface area contributed by atoms with E-state index in [1.807, 2.05) is 36.4 Å². The Hall–Kier alpha value is -3.88. The first kappa shape index (κ1) is 22.6. The van der Waals surface area contributed by atoms with Crippen molar-refractivity contribution in [1.29, 1.82) is 0 Å². The molecule has 0 bridgehead atoms. The number of pyridine rings is 1. The standard InChI is InChI=1S/C28H26N4O4/c33-25-7-5-19-15-20(4-6-22(19)25)23-16-26(36-27(23)24-3-1-2-8-29-24)21-17-30-28(31-18-21)35-14-11-32-9-12-34-13-10-32/h1-4,6,8,15-18H,5,7,9-14H2. The molecule has 1 aromatic carbocycles. The van der Waals surface area contributed by atoms with E-state index in [1.165, 1.54) is 0 Å². The number of aromatic nitrogens is 3. The molecular weight excluding hydrogens is 456 g/mol. The van der Waals surface area contributed by atoms with E-state index in [-0.39, 0.29) is 5.78 Å². The zero-order valence-electron chi connectivity index (χ0n) is 19.9. The lowest BCUT2D eigenvalue weighted by Gasteiger charge is -2.26. The maximum Gasteiger partial charge on any atom is 0.316 e. The molecule has 1 aliphatic heterocycles. The first-order chi connectivity index (χ1) is 17.7. The molecule has 2 aliphatic rings. The van der Waals surface area contributed by atoms with Crippen molar-refractivity contribution < 1.29 is 18.7 Å². The topological polar surface area (TPSA) is 90.6 Å². The van der Waals surface area contributed by atoms with Gasteiger partial charge in [-0.3, -0.25) is 14.7 Å². The van der Waals surface area contributed by atoms with Crippen LogP contribution in [-0.2, 0) is 11.2 Å². The summed E-state index contributed by atoms with van der Waals surface area (Å²) in [6.45, 7) is 4.71. The molecule has 4 aromatic rings. The van der Waals surface area contributed by atoms with Crippen LogP contribution in [0, 0.1) is 0 Å². The second-order valence-corrected chi connectivity index (χ2v) is 8.92. The minimum Gasteiger partial charge on any atom is -0.462 e. The molecule has 1 aliphatic carbocycles. The van der Waals surface area contributed by atoms with Gasteiger partial charge in [-0.15, -0.1) is 0 Å². The van der Waals surface area contributed by atoms with Crippen molar-refractivity contribution in [3.8, 4) is 39.9 Å². The summed E-state index contributed by atoms with van der Waals surface area (Å²) in [5, 5.41) is 0. The molecule has 182 valence electrons. The van der Waals surface area contributed by atoms with Crippen molar-refractivity contribution in [2.75, 3.05) is 39.5 Å². The number of Topliss-reactive ketones (excluding diaryl/α,β-unsaturated/α-hetero) is 1. The van der Waals surface area contributed by atoms with E-state index in [4.69, 9.17) is 13.9 Å². The van der Waals surface area contributed by atoms with Crippen LogP contribution >= 0.6 is 0 Å². The fraction of sp³-hybridized carbons (Fsp3) is 0.286. The zero-order valence-corrected chi connectivity index (χ0v) is 19.9. The Morgan fingerprint density at radius 1 is 0.917 bits per heavy atom. The van der Waals surface area contributed by atoms with Crippen LogP contribution in [-0.4, -0.2) is 65.1 Å². The van der Waals surface area contributed by atoms with Crippen LogP contribution in [0.5, 0.6) is 6.01 Å². The van der Waals surface area contributed by atoms with E-state index in [9.17, 15) is 4.79 Å². The summed E-state index contributed by atoms with van der Waals surface area (Å²) in [6.07, 6.45) is 6.51. The van der Waals surface area contributed by atoms with Crippen LogP contribution in [0.3, 0.4) is 0 Å². The van der Waals surface area contributed by atoms with Crippen molar-refractivity contribution in [2.24, 2.45) is 0 Å². The van der Waals surface area contributed by atoms with Gasteiger partial charge in [0, 0.05) is 55.8 Å². The van der Waals surface area contributed by atoms with Gasteiger partial charge >= 0.3 is 6.01 Å². The number of benzene rings is 1. The van der Waals surface area contributed by atoms with Crippen LogP contribution in [0.25, 0.3) is 33.9 Å². The number of aryl methyl sites for hydroxylation is 1. The van der Waals surface area contributed by atoms with Gasteiger partial charge in [0.25, 0.3) is 0 Å². The predicted molar refractivity (Wildman–Crippen MR) is 134 cm³/mol. The van der Waals surface area contributed by atoms with Gasteiger partial charge in [0.2, 0.25) is 0 Å². The Bertz CT molecular complexity index is 1360. The number of nitrogens with zero attached hydrogens (tertiary/aromatic N) is 4. The molecule has 0 spiro atoms. The quantitative estimate of drug-likeness (QED) is 0.385. The van der Waals surface area contributed by atoms with E-state index in [0.717, 1.165) is 72.8 Å². The molecule has 1 fully saturated rings. The number of morpholine rings is 1. The van der Waals surface area contributed by atoms with Crippen molar-refractivity contribution in [3.63, 3.8) is 0 Å². The van der Waals surface area contributed by atoms with E-state index >= 15 is 0 Å². The van der Waals surface area contributed by atoms with E-state index in [1.54, 1.807) is 18.6 Å². The molecule has 8 nitrogen and oxygen atoms in total. The van der Waals surface area contributed by atoms with Crippen molar-refractivity contribution in [3.05, 3.63) is 72.2 Å². The first-order valence-electron chi connectivity index (χ1n) is 12.2. The van der Waals surface area contributed by atoms with Gasteiger partial charge in [0.05, 0.1) is 18.8 Å². The Morgan fingerprint density at radius 3 is 2.58 bits per heavy atom. The van der Waals surface area contributed by atoms with Gasteiger partial charge in [0.1, 0.15) is 18.1 Å². The second kappa shape index (κ2) is 10.0. The predicted octanol–water partition coefficient (Wildman–Crippen LogP) is 4.31. The van der Waals surface area contributed by atoms with Gasteiger partial charge in [-0.05, 0) is 35.7 Å². The van der Waals surface area contributed by atoms with E-state index in [0.29, 0.717) is 30.6 Å². The smallest absolute Gasteiger partial charge is 0.316 e. The van der Waals surface area contributed by atoms with Gasteiger partial charge in [-0.25, -0.2) is 9.97 Å². The van der Waals surface area contributed by atoms with E-state index < -0.39 is 0 Å². The molecule has 36 heavy (non-hydrogen) atoms. The number of fused-ring (bicyclic) bond motifs is 1. The highest BCUT2D eigenvalue weighted by Crippen LogP contribution is 2.39. The maximum atomic E-state index is 12.1. The fourth-order valence-electron chi connectivity index (χ4n) is 4.67. The summed E-state index contributed by atoms with van der Waals surface area (Å²) in [5.74, 6) is 1.52. The van der Waals surface area contributed by atoms with Gasteiger partial charge in [-0.2, -0.15) is 0 Å². The lowest BCUT2D eigenvalue weighted by atomic mass is 9.99. The van der Waals surface area contributed by atoms with Crippen LogP contribution in [0.1, 0.15) is 22.3 Å². The number of carbonyl (C=O) groups excluding carboxylic acids is 1. The molecule has 3 aromatic heterocycles. The molecule has 0 atom stereocenters. The molecule has 0 unspecified atom stereocenters. The van der Waals surface area contributed by atoms with Crippen molar-refractivity contribution >= 4 is 5.78 Å². The largest absolute Gasteiger partial charge is 0.462 e. The highest BCUT2D eigenvalue weighted by atomic mass is 16.5. The van der Waals surface area contributed by atoms with Crippen molar-refractivity contribution in [2.45, 2.75) is 12.8 Å². The molecule has 1 saturated heterocycles. The third-order valence-corrected chi connectivity index (χ3v) is 6.62. The SMILES string of the molecule is O=C1CCc2cc(-c3cc(-c4cnc(OCCN5CCOCC5)nc4)oc3-c3ccccn3)ccc21. The maximum absolute atomic E-state index is 12.1. The Morgan fingerprint density at radius 2 is 1.78 bits per heavy atom. The number of furan rings is 1. The minimum atomic E-state index is 0.207. The van der Waals surface area contributed by atoms with Crippen LogP contribution in [0.15, 0.2) is 65.5 Å². The molecule has 4 heterocycles. The number of hydrogen-bond acceptors (Lipinski definition) is 8.